The van der Waals surface area contributed by atoms with Crippen LogP contribution in [-0.4, -0.2) is 92.1 Å². The van der Waals surface area contributed by atoms with Gasteiger partial charge < -0.3 is 19.9 Å². The van der Waals surface area contributed by atoms with Gasteiger partial charge in [-0.2, -0.15) is 0 Å². The van der Waals surface area contributed by atoms with Crippen molar-refractivity contribution >= 4 is 35.8 Å². The van der Waals surface area contributed by atoms with Gasteiger partial charge in [-0.05, 0) is 25.3 Å². The second kappa shape index (κ2) is 13.8. The van der Waals surface area contributed by atoms with Gasteiger partial charge in [-0.3, -0.25) is 14.7 Å². The van der Waals surface area contributed by atoms with Crippen LogP contribution in [0.3, 0.4) is 0 Å². The van der Waals surface area contributed by atoms with Gasteiger partial charge in [0.2, 0.25) is 5.91 Å². The minimum absolute atomic E-state index is 0. The highest BCUT2D eigenvalue weighted by Crippen LogP contribution is 2.09. The van der Waals surface area contributed by atoms with Crippen molar-refractivity contribution in [3.8, 4) is 0 Å². The summed E-state index contributed by atoms with van der Waals surface area (Å²) >= 11 is 0. The molecule has 0 bridgehead atoms. The molecule has 0 atom stereocenters. The molecule has 2 heterocycles. The first kappa shape index (κ1) is 24.9. The van der Waals surface area contributed by atoms with E-state index in [1.165, 1.54) is 5.56 Å². The molecular formula is C22H36IN5O2. The molecule has 7 nitrogen and oxygen atoms in total. The fourth-order valence-electron chi connectivity index (χ4n) is 3.78. The average Bonchev–Trinajstić information content (AvgIpc) is 3.29. The highest BCUT2D eigenvalue weighted by Gasteiger charge is 2.24. The molecular weight excluding hydrogens is 493 g/mol. The lowest BCUT2D eigenvalue weighted by atomic mass is 10.2. The first-order valence-electron chi connectivity index (χ1n) is 10.9. The van der Waals surface area contributed by atoms with E-state index < -0.39 is 0 Å². The van der Waals surface area contributed by atoms with E-state index in [9.17, 15) is 4.79 Å². The average molecular weight is 529 g/mol. The van der Waals surface area contributed by atoms with E-state index in [0.29, 0.717) is 26.3 Å². The van der Waals surface area contributed by atoms with Crippen LogP contribution in [0.15, 0.2) is 35.3 Å². The van der Waals surface area contributed by atoms with Gasteiger partial charge in [0.1, 0.15) is 0 Å². The van der Waals surface area contributed by atoms with Crippen LogP contribution < -0.4 is 5.32 Å². The van der Waals surface area contributed by atoms with Crippen molar-refractivity contribution in [2.45, 2.75) is 26.4 Å². The maximum Gasteiger partial charge on any atom is 0.236 e. The van der Waals surface area contributed by atoms with Crippen molar-refractivity contribution in [2.24, 2.45) is 4.99 Å². The summed E-state index contributed by atoms with van der Waals surface area (Å²) in [4.78, 5) is 23.7. The first-order chi connectivity index (χ1) is 14.3. The normalized spacial score (nSPS) is 17.7. The third-order valence-corrected chi connectivity index (χ3v) is 5.43. The molecule has 30 heavy (non-hydrogen) atoms. The van der Waals surface area contributed by atoms with Crippen LogP contribution in [-0.2, 0) is 16.1 Å². The summed E-state index contributed by atoms with van der Waals surface area (Å²) in [5.74, 6) is 1.23. The Balaban J connectivity index is 0.00000320. The van der Waals surface area contributed by atoms with Crippen LogP contribution >= 0.6 is 24.0 Å². The first-order valence-corrected chi connectivity index (χ1v) is 10.9. The Labute approximate surface area is 197 Å². The predicted octanol–water partition coefficient (Wildman–Crippen LogP) is 2.03. The lowest BCUT2D eigenvalue weighted by Gasteiger charge is -2.36. The van der Waals surface area contributed by atoms with Gasteiger partial charge in [0.05, 0.1) is 26.3 Å². The largest absolute Gasteiger partial charge is 0.375 e. The van der Waals surface area contributed by atoms with Crippen LogP contribution in [0, 0.1) is 0 Å². The van der Waals surface area contributed by atoms with Gasteiger partial charge in [-0.25, -0.2) is 0 Å². The standard InChI is InChI=1S/C22H35N5O2.HI/c1-2-23-22(24-10-17-29-19-20-8-4-3-5-9-20)27-15-13-25(14-16-27)18-21(28)26-11-6-7-12-26;/h3-5,8-9H,2,6-7,10-19H2,1H3,(H,23,24);1H. The number of aliphatic imine (C=N–C) groups is 1. The molecule has 168 valence electrons. The summed E-state index contributed by atoms with van der Waals surface area (Å²) in [5.41, 5.74) is 1.18. The Bertz CT molecular complexity index is 644. The Hall–Kier alpha value is -1.39. The van der Waals surface area contributed by atoms with Gasteiger partial charge in [0.25, 0.3) is 0 Å². The zero-order valence-electron chi connectivity index (χ0n) is 18.1. The summed E-state index contributed by atoms with van der Waals surface area (Å²) < 4.78 is 5.74. The molecule has 0 saturated carbocycles. The molecule has 3 rings (SSSR count). The van der Waals surface area contributed by atoms with E-state index in [2.05, 4.69) is 34.2 Å². The third-order valence-electron chi connectivity index (χ3n) is 5.43. The van der Waals surface area contributed by atoms with Crippen molar-refractivity contribution in [1.29, 1.82) is 0 Å². The Morgan fingerprint density at radius 1 is 1.03 bits per heavy atom. The van der Waals surface area contributed by atoms with Crippen LogP contribution in [0.2, 0.25) is 0 Å². The minimum Gasteiger partial charge on any atom is -0.375 e. The van der Waals surface area contributed by atoms with Crippen LogP contribution in [0.5, 0.6) is 0 Å². The van der Waals surface area contributed by atoms with Crippen molar-refractivity contribution in [1.82, 2.24) is 20.0 Å². The highest BCUT2D eigenvalue weighted by atomic mass is 127. The molecule has 0 radical (unpaired) electrons. The minimum atomic E-state index is 0. The van der Waals surface area contributed by atoms with E-state index >= 15 is 0 Å². The van der Waals surface area contributed by atoms with Crippen LogP contribution in [0.4, 0.5) is 0 Å². The summed E-state index contributed by atoms with van der Waals surface area (Å²) in [6, 6.07) is 10.2. The van der Waals surface area contributed by atoms with E-state index in [1.807, 2.05) is 23.1 Å². The molecule has 0 unspecified atom stereocenters. The van der Waals surface area contributed by atoms with Crippen molar-refractivity contribution < 1.29 is 9.53 Å². The van der Waals surface area contributed by atoms with E-state index in [4.69, 9.17) is 9.73 Å². The summed E-state index contributed by atoms with van der Waals surface area (Å²) in [5, 5.41) is 3.39. The van der Waals surface area contributed by atoms with E-state index in [0.717, 1.165) is 64.6 Å². The third kappa shape index (κ3) is 8.03. The molecule has 1 N–H and O–H groups in total. The molecule has 2 aliphatic heterocycles. The number of likely N-dealkylation sites (tertiary alicyclic amines) is 1. The molecule has 0 aliphatic carbocycles. The quantitative estimate of drug-likeness (QED) is 0.242. The number of benzene rings is 1. The zero-order valence-corrected chi connectivity index (χ0v) is 20.4. The predicted molar refractivity (Wildman–Crippen MR) is 131 cm³/mol. The second-order valence-corrected chi connectivity index (χ2v) is 7.62. The highest BCUT2D eigenvalue weighted by molar-refractivity contribution is 14.0. The molecule has 1 amide bonds. The fraction of sp³-hybridized carbons (Fsp3) is 0.636. The summed E-state index contributed by atoms with van der Waals surface area (Å²) in [7, 11) is 0. The number of guanidine groups is 1. The van der Waals surface area contributed by atoms with Gasteiger partial charge in [-0.1, -0.05) is 30.3 Å². The number of rotatable bonds is 8. The number of nitrogens with zero attached hydrogens (tertiary/aromatic N) is 4. The van der Waals surface area contributed by atoms with Gasteiger partial charge >= 0.3 is 0 Å². The molecule has 0 aromatic heterocycles. The maximum atomic E-state index is 12.4. The molecule has 1 aromatic carbocycles. The smallest absolute Gasteiger partial charge is 0.236 e. The maximum absolute atomic E-state index is 12.4. The van der Waals surface area contributed by atoms with Crippen molar-refractivity contribution in [2.75, 3.05) is 65.5 Å². The number of carbonyl (C=O) groups is 1. The number of piperazine rings is 1. The number of ether oxygens (including phenoxy) is 1. The van der Waals surface area contributed by atoms with Crippen LogP contribution in [0.25, 0.3) is 0 Å². The number of carbonyl (C=O) groups excluding carboxylic acids is 1. The number of hydrogen-bond acceptors (Lipinski definition) is 4. The SMILES string of the molecule is CCNC(=NCCOCc1ccccc1)N1CCN(CC(=O)N2CCCC2)CC1.I. The Morgan fingerprint density at radius 3 is 2.40 bits per heavy atom. The van der Waals surface area contributed by atoms with Crippen molar-refractivity contribution in [3.63, 3.8) is 0 Å². The molecule has 0 spiro atoms. The zero-order chi connectivity index (χ0) is 20.3. The van der Waals surface area contributed by atoms with Gasteiger partial charge in [0, 0.05) is 45.8 Å². The lowest BCUT2D eigenvalue weighted by molar-refractivity contribution is -0.131. The molecule has 2 fully saturated rings. The molecule has 2 aliphatic rings. The lowest BCUT2D eigenvalue weighted by Crippen LogP contribution is -2.54. The monoisotopic (exact) mass is 529 g/mol. The number of halogens is 1. The van der Waals surface area contributed by atoms with Gasteiger partial charge in [-0.15, -0.1) is 24.0 Å². The number of nitrogens with one attached hydrogen (secondary N) is 1. The van der Waals surface area contributed by atoms with Gasteiger partial charge in [0.15, 0.2) is 5.96 Å². The van der Waals surface area contributed by atoms with Crippen LogP contribution in [0.1, 0.15) is 25.3 Å². The number of amides is 1. The van der Waals surface area contributed by atoms with E-state index in [-0.39, 0.29) is 29.9 Å². The molecule has 8 heteroatoms. The Morgan fingerprint density at radius 2 is 1.73 bits per heavy atom. The fourth-order valence-corrected chi connectivity index (χ4v) is 3.78. The summed E-state index contributed by atoms with van der Waals surface area (Å²) in [6.07, 6.45) is 2.30. The summed E-state index contributed by atoms with van der Waals surface area (Å²) in [6.45, 7) is 10.8. The molecule has 1 aromatic rings. The topological polar surface area (TPSA) is 60.4 Å². The van der Waals surface area contributed by atoms with E-state index in [1.54, 1.807) is 0 Å². The molecule has 2 saturated heterocycles. The van der Waals surface area contributed by atoms with Crippen molar-refractivity contribution in [3.05, 3.63) is 35.9 Å². The Kier molecular flexibility index (Phi) is 11.5. The second-order valence-electron chi connectivity index (χ2n) is 7.62. The number of hydrogen-bond donors (Lipinski definition) is 1.